The fraction of sp³-hybridized carbons (Fsp3) is 0.438. The highest BCUT2D eigenvalue weighted by atomic mass is 35.5. The minimum absolute atomic E-state index is 0.0732. The highest BCUT2D eigenvalue weighted by molar-refractivity contribution is 6.30. The van der Waals surface area contributed by atoms with E-state index in [0.29, 0.717) is 17.0 Å². The number of halogens is 1. The topological polar surface area (TPSA) is 87.3 Å². The Morgan fingerprint density at radius 3 is 2.30 bits per heavy atom. The second kappa shape index (κ2) is 9.15. The van der Waals surface area contributed by atoms with Gasteiger partial charge in [-0.1, -0.05) is 31.9 Å². The third kappa shape index (κ3) is 5.90. The predicted octanol–water partition coefficient (Wildman–Crippen LogP) is 1.35. The minimum Gasteiger partial charge on any atom is -0.358 e. The molecule has 1 rings (SSSR count). The zero-order valence-electron chi connectivity index (χ0n) is 13.5. The van der Waals surface area contributed by atoms with Gasteiger partial charge >= 0.3 is 0 Å². The van der Waals surface area contributed by atoms with Crippen LogP contribution in [0.5, 0.6) is 0 Å². The molecule has 23 heavy (non-hydrogen) atoms. The smallest absolute Gasteiger partial charge is 0.251 e. The highest BCUT2D eigenvalue weighted by Crippen LogP contribution is 2.12. The summed E-state index contributed by atoms with van der Waals surface area (Å²) in [6.45, 7) is 3.67. The molecule has 0 bridgehead atoms. The number of nitrogens with one attached hydrogen (secondary N) is 3. The van der Waals surface area contributed by atoms with Crippen molar-refractivity contribution in [3.8, 4) is 0 Å². The maximum absolute atomic E-state index is 12.3. The van der Waals surface area contributed by atoms with Crippen LogP contribution in [0.1, 0.15) is 30.6 Å². The van der Waals surface area contributed by atoms with Crippen molar-refractivity contribution in [2.75, 3.05) is 13.6 Å². The molecule has 7 heteroatoms. The predicted molar refractivity (Wildman–Crippen MR) is 89.2 cm³/mol. The molecule has 0 radical (unpaired) electrons. The van der Waals surface area contributed by atoms with E-state index >= 15 is 0 Å². The molecule has 0 saturated carbocycles. The molecule has 0 fully saturated rings. The van der Waals surface area contributed by atoms with Gasteiger partial charge in [0.05, 0.1) is 6.54 Å². The lowest BCUT2D eigenvalue weighted by molar-refractivity contribution is -0.127. The van der Waals surface area contributed by atoms with E-state index in [9.17, 15) is 14.4 Å². The van der Waals surface area contributed by atoms with Crippen LogP contribution in [0.25, 0.3) is 0 Å². The molecule has 126 valence electrons. The van der Waals surface area contributed by atoms with Gasteiger partial charge in [-0.2, -0.15) is 0 Å². The van der Waals surface area contributed by atoms with Gasteiger partial charge in [0.15, 0.2) is 0 Å². The molecule has 3 amide bonds. The standard InChI is InChI=1S/C16H22ClN3O3/c1-4-10(2)14(16(23)19-9-13(21)18-3)20-15(22)11-5-7-12(17)8-6-11/h5-8,10,14H,4,9H2,1-3H3,(H,18,21)(H,19,23)(H,20,22). The maximum atomic E-state index is 12.3. The summed E-state index contributed by atoms with van der Waals surface area (Å²) in [4.78, 5) is 35.8. The second-order valence-corrected chi connectivity index (χ2v) is 5.67. The normalized spacial score (nSPS) is 12.9. The maximum Gasteiger partial charge on any atom is 0.251 e. The summed E-state index contributed by atoms with van der Waals surface area (Å²) in [6, 6.07) is 5.69. The number of amides is 3. The van der Waals surface area contributed by atoms with Crippen LogP contribution in [0.4, 0.5) is 0 Å². The van der Waals surface area contributed by atoms with Crippen molar-refractivity contribution < 1.29 is 14.4 Å². The van der Waals surface area contributed by atoms with Crippen LogP contribution < -0.4 is 16.0 Å². The van der Waals surface area contributed by atoms with Crippen molar-refractivity contribution >= 4 is 29.3 Å². The quantitative estimate of drug-likeness (QED) is 0.700. The van der Waals surface area contributed by atoms with Gasteiger partial charge in [-0.3, -0.25) is 14.4 Å². The Hall–Kier alpha value is -2.08. The summed E-state index contributed by atoms with van der Waals surface area (Å²) in [7, 11) is 1.49. The van der Waals surface area contributed by atoms with E-state index < -0.39 is 6.04 Å². The van der Waals surface area contributed by atoms with Crippen LogP contribution in [-0.4, -0.2) is 37.4 Å². The monoisotopic (exact) mass is 339 g/mol. The second-order valence-electron chi connectivity index (χ2n) is 5.23. The first-order valence-electron chi connectivity index (χ1n) is 7.43. The largest absolute Gasteiger partial charge is 0.358 e. The zero-order chi connectivity index (χ0) is 17.4. The Bertz CT molecular complexity index is 560. The molecule has 1 aromatic carbocycles. The zero-order valence-corrected chi connectivity index (χ0v) is 14.2. The van der Waals surface area contributed by atoms with Crippen molar-refractivity contribution in [1.82, 2.24) is 16.0 Å². The van der Waals surface area contributed by atoms with Crippen molar-refractivity contribution in [2.24, 2.45) is 5.92 Å². The van der Waals surface area contributed by atoms with Crippen molar-refractivity contribution in [1.29, 1.82) is 0 Å². The van der Waals surface area contributed by atoms with Gasteiger partial charge in [0.25, 0.3) is 5.91 Å². The lowest BCUT2D eigenvalue weighted by Gasteiger charge is -2.23. The van der Waals surface area contributed by atoms with Crippen LogP contribution in [0, 0.1) is 5.92 Å². The molecular weight excluding hydrogens is 318 g/mol. The Kier molecular flexibility index (Phi) is 7.54. The summed E-state index contributed by atoms with van der Waals surface area (Å²) >= 11 is 5.80. The number of hydrogen-bond donors (Lipinski definition) is 3. The third-order valence-electron chi connectivity index (χ3n) is 3.59. The molecule has 0 aromatic heterocycles. The fourth-order valence-electron chi connectivity index (χ4n) is 1.89. The first-order valence-corrected chi connectivity index (χ1v) is 7.81. The molecule has 0 spiro atoms. The van der Waals surface area contributed by atoms with Gasteiger partial charge in [0.2, 0.25) is 11.8 Å². The first-order chi connectivity index (χ1) is 10.9. The molecule has 0 aliphatic heterocycles. The average Bonchev–Trinajstić information content (AvgIpc) is 2.56. The van der Waals surface area contributed by atoms with Crippen LogP contribution in [0.3, 0.4) is 0 Å². The van der Waals surface area contributed by atoms with Crippen molar-refractivity contribution in [3.05, 3.63) is 34.9 Å². The summed E-state index contributed by atoms with van der Waals surface area (Å²) in [5, 5.41) is 8.20. The number of carbonyl (C=O) groups excluding carboxylic acids is 3. The summed E-state index contributed by atoms with van der Waals surface area (Å²) in [5.74, 6) is -1.12. The Labute approximate surface area is 141 Å². The van der Waals surface area contributed by atoms with Crippen LogP contribution in [0.15, 0.2) is 24.3 Å². The lowest BCUT2D eigenvalue weighted by Crippen LogP contribution is -2.51. The summed E-state index contributed by atoms with van der Waals surface area (Å²) in [5.41, 5.74) is 0.418. The molecule has 0 aliphatic carbocycles. The minimum atomic E-state index is -0.715. The molecule has 3 N–H and O–H groups in total. The number of carbonyl (C=O) groups is 3. The first kappa shape index (κ1) is 19.0. The number of likely N-dealkylation sites (N-methyl/N-ethyl adjacent to an activating group) is 1. The number of hydrogen-bond acceptors (Lipinski definition) is 3. The molecule has 1 aromatic rings. The van der Waals surface area contributed by atoms with Crippen molar-refractivity contribution in [3.63, 3.8) is 0 Å². The van der Waals surface area contributed by atoms with Gasteiger partial charge in [-0.15, -0.1) is 0 Å². The van der Waals surface area contributed by atoms with Crippen LogP contribution >= 0.6 is 11.6 Å². The van der Waals surface area contributed by atoms with E-state index in [1.807, 2.05) is 13.8 Å². The van der Waals surface area contributed by atoms with E-state index in [-0.39, 0.29) is 30.2 Å². The van der Waals surface area contributed by atoms with Gasteiger partial charge in [-0.25, -0.2) is 0 Å². The van der Waals surface area contributed by atoms with Gasteiger partial charge in [0, 0.05) is 17.6 Å². The highest BCUT2D eigenvalue weighted by Gasteiger charge is 2.26. The molecule has 0 heterocycles. The molecule has 0 aliphatic rings. The molecule has 2 unspecified atom stereocenters. The molecule has 0 saturated heterocycles. The van der Waals surface area contributed by atoms with E-state index in [4.69, 9.17) is 11.6 Å². The van der Waals surface area contributed by atoms with Gasteiger partial charge in [-0.05, 0) is 30.2 Å². The Morgan fingerprint density at radius 2 is 1.78 bits per heavy atom. The average molecular weight is 340 g/mol. The fourth-order valence-corrected chi connectivity index (χ4v) is 2.02. The third-order valence-corrected chi connectivity index (χ3v) is 3.84. The Balaban J connectivity index is 2.77. The van der Waals surface area contributed by atoms with Gasteiger partial charge < -0.3 is 16.0 Å². The molecular formula is C16H22ClN3O3. The van der Waals surface area contributed by atoms with Crippen molar-refractivity contribution in [2.45, 2.75) is 26.3 Å². The van der Waals surface area contributed by atoms with E-state index in [1.54, 1.807) is 24.3 Å². The Morgan fingerprint density at radius 1 is 1.17 bits per heavy atom. The van der Waals surface area contributed by atoms with Crippen LogP contribution in [0.2, 0.25) is 5.02 Å². The number of benzene rings is 1. The molecule has 2 atom stereocenters. The number of rotatable bonds is 7. The van der Waals surface area contributed by atoms with E-state index in [2.05, 4.69) is 16.0 Å². The summed E-state index contributed by atoms with van der Waals surface area (Å²) in [6.07, 6.45) is 0.707. The van der Waals surface area contributed by atoms with E-state index in [1.165, 1.54) is 7.05 Å². The summed E-state index contributed by atoms with van der Waals surface area (Å²) < 4.78 is 0. The van der Waals surface area contributed by atoms with Crippen LogP contribution in [-0.2, 0) is 9.59 Å². The van der Waals surface area contributed by atoms with Gasteiger partial charge in [0.1, 0.15) is 6.04 Å². The SMILES string of the molecule is CCC(C)C(NC(=O)c1ccc(Cl)cc1)C(=O)NCC(=O)NC. The lowest BCUT2D eigenvalue weighted by atomic mass is 9.98. The molecule has 6 nitrogen and oxygen atoms in total. The van der Waals surface area contributed by atoms with E-state index in [0.717, 1.165) is 0 Å².